The number of carbonyl (C=O) groups excluding carboxylic acids is 1. The molecule has 0 fully saturated rings. The first-order valence-electron chi connectivity index (χ1n) is 11.1. The maximum Gasteiger partial charge on any atom is 0.265 e. The van der Waals surface area contributed by atoms with E-state index in [9.17, 15) is 9.59 Å². The molecule has 0 aliphatic carbocycles. The zero-order valence-electron chi connectivity index (χ0n) is 18.8. The van der Waals surface area contributed by atoms with Crippen LogP contribution in [0.25, 0.3) is 16.6 Å². The molecular formula is C27H27N3O3. The molecule has 0 radical (unpaired) electrons. The van der Waals surface area contributed by atoms with Crippen molar-refractivity contribution >= 4 is 16.8 Å². The van der Waals surface area contributed by atoms with Gasteiger partial charge in [-0.15, -0.1) is 0 Å². The van der Waals surface area contributed by atoms with Crippen LogP contribution in [0.1, 0.15) is 41.2 Å². The van der Waals surface area contributed by atoms with Gasteiger partial charge in [0, 0.05) is 18.7 Å². The summed E-state index contributed by atoms with van der Waals surface area (Å²) < 4.78 is 7.41. The summed E-state index contributed by atoms with van der Waals surface area (Å²) in [5.74, 6) is 0.444. The zero-order chi connectivity index (χ0) is 23.2. The number of fused-ring (bicyclic) bond motifs is 1. The molecule has 0 aliphatic rings. The predicted octanol–water partition coefficient (Wildman–Crippen LogP) is 4.59. The van der Waals surface area contributed by atoms with Crippen molar-refractivity contribution in [2.24, 2.45) is 0 Å². The minimum atomic E-state index is -0.154. The molecule has 0 aliphatic heterocycles. The standard InChI is InChI=1S/C27H27N3O3/c1-19(21-9-4-3-5-10-21)33-18-8-17-28-26(31)22-13-15-23(16-14-22)30-20(2)29-25-12-7-6-11-24(25)27(30)32/h3-7,9-16,19H,8,17-18H2,1-2H3,(H,28,31). The molecule has 0 bridgehead atoms. The fourth-order valence-electron chi connectivity index (χ4n) is 3.77. The third-order valence-electron chi connectivity index (χ3n) is 5.57. The van der Waals surface area contributed by atoms with Gasteiger partial charge in [0.15, 0.2) is 0 Å². The van der Waals surface area contributed by atoms with Crippen molar-refractivity contribution < 1.29 is 9.53 Å². The molecule has 3 aromatic carbocycles. The summed E-state index contributed by atoms with van der Waals surface area (Å²) in [6.45, 7) is 4.91. The molecule has 1 unspecified atom stereocenters. The molecule has 0 saturated heterocycles. The van der Waals surface area contributed by atoms with Crippen LogP contribution < -0.4 is 10.9 Å². The second-order valence-electron chi connectivity index (χ2n) is 7.90. The number of nitrogens with one attached hydrogen (secondary N) is 1. The first-order valence-corrected chi connectivity index (χ1v) is 11.1. The van der Waals surface area contributed by atoms with Crippen LogP contribution in [0.4, 0.5) is 0 Å². The largest absolute Gasteiger partial charge is 0.374 e. The molecule has 1 heterocycles. The minimum Gasteiger partial charge on any atom is -0.374 e. The lowest BCUT2D eigenvalue weighted by Gasteiger charge is -2.13. The highest BCUT2D eigenvalue weighted by atomic mass is 16.5. The van der Waals surface area contributed by atoms with Gasteiger partial charge in [-0.25, -0.2) is 4.98 Å². The molecule has 1 aromatic heterocycles. The van der Waals surface area contributed by atoms with Crippen LogP contribution >= 0.6 is 0 Å². The number of ether oxygens (including phenoxy) is 1. The Hall–Kier alpha value is -3.77. The lowest BCUT2D eigenvalue weighted by atomic mass is 10.1. The normalized spacial score (nSPS) is 11.9. The Morgan fingerprint density at radius 1 is 1.00 bits per heavy atom. The molecule has 4 rings (SSSR count). The van der Waals surface area contributed by atoms with Gasteiger partial charge in [-0.2, -0.15) is 0 Å². The molecule has 1 atom stereocenters. The van der Waals surface area contributed by atoms with Crippen molar-refractivity contribution in [2.45, 2.75) is 26.4 Å². The van der Waals surface area contributed by atoms with E-state index in [0.29, 0.717) is 41.1 Å². The summed E-state index contributed by atoms with van der Waals surface area (Å²) in [5, 5.41) is 3.48. The monoisotopic (exact) mass is 441 g/mol. The molecule has 1 amide bonds. The van der Waals surface area contributed by atoms with Crippen molar-refractivity contribution in [3.63, 3.8) is 0 Å². The van der Waals surface area contributed by atoms with Crippen LogP contribution in [-0.4, -0.2) is 28.6 Å². The van der Waals surface area contributed by atoms with Crippen molar-refractivity contribution in [2.75, 3.05) is 13.2 Å². The van der Waals surface area contributed by atoms with Crippen LogP contribution in [0.2, 0.25) is 0 Å². The summed E-state index contributed by atoms with van der Waals surface area (Å²) in [6.07, 6.45) is 0.740. The second kappa shape index (κ2) is 10.2. The average molecular weight is 442 g/mol. The number of hydrogen-bond donors (Lipinski definition) is 1. The van der Waals surface area contributed by atoms with Crippen molar-refractivity contribution in [1.82, 2.24) is 14.9 Å². The SMILES string of the molecule is Cc1nc2ccccc2c(=O)n1-c1ccc(C(=O)NCCCOC(C)c2ccccc2)cc1. The number of amides is 1. The van der Waals surface area contributed by atoms with E-state index in [2.05, 4.69) is 10.3 Å². The molecule has 33 heavy (non-hydrogen) atoms. The maximum atomic E-state index is 12.9. The highest BCUT2D eigenvalue weighted by Crippen LogP contribution is 2.16. The number of rotatable bonds is 8. The number of hydrogen-bond acceptors (Lipinski definition) is 4. The van der Waals surface area contributed by atoms with E-state index in [1.54, 1.807) is 41.8 Å². The van der Waals surface area contributed by atoms with Crippen LogP contribution in [-0.2, 0) is 4.74 Å². The number of carbonyl (C=O) groups is 1. The first kappa shape index (κ1) is 22.4. The van der Waals surface area contributed by atoms with Crippen LogP contribution in [0.3, 0.4) is 0 Å². The Labute approximate surface area is 192 Å². The van der Waals surface area contributed by atoms with E-state index in [4.69, 9.17) is 4.74 Å². The summed E-state index contributed by atoms with van der Waals surface area (Å²) in [7, 11) is 0. The fraction of sp³-hybridized carbons (Fsp3) is 0.222. The average Bonchev–Trinajstić information content (AvgIpc) is 2.84. The van der Waals surface area contributed by atoms with Crippen LogP contribution in [0.5, 0.6) is 0 Å². The molecule has 0 spiro atoms. The van der Waals surface area contributed by atoms with E-state index < -0.39 is 0 Å². The Bertz CT molecular complexity index is 1300. The Kier molecular flexibility index (Phi) is 6.95. The smallest absolute Gasteiger partial charge is 0.265 e. The highest BCUT2D eigenvalue weighted by Gasteiger charge is 2.11. The van der Waals surface area contributed by atoms with Gasteiger partial charge >= 0.3 is 0 Å². The molecule has 168 valence electrons. The van der Waals surface area contributed by atoms with Gasteiger partial charge in [0.05, 0.1) is 22.7 Å². The van der Waals surface area contributed by atoms with E-state index in [0.717, 1.165) is 12.0 Å². The highest BCUT2D eigenvalue weighted by molar-refractivity contribution is 5.94. The van der Waals surface area contributed by atoms with Gasteiger partial charge in [-0.3, -0.25) is 14.2 Å². The predicted molar refractivity (Wildman–Crippen MR) is 130 cm³/mol. The fourth-order valence-corrected chi connectivity index (χ4v) is 3.77. The maximum absolute atomic E-state index is 12.9. The Balaban J connectivity index is 1.33. The molecular weight excluding hydrogens is 414 g/mol. The van der Waals surface area contributed by atoms with E-state index >= 15 is 0 Å². The van der Waals surface area contributed by atoms with Gasteiger partial charge in [0.25, 0.3) is 11.5 Å². The number of aryl methyl sites for hydroxylation is 1. The molecule has 6 nitrogen and oxygen atoms in total. The van der Waals surface area contributed by atoms with Crippen molar-refractivity contribution in [1.29, 1.82) is 0 Å². The van der Waals surface area contributed by atoms with Gasteiger partial charge in [0.2, 0.25) is 0 Å². The molecule has 0 saturated carbocycles. The molecule has 6 heteroatoms. The van der Waals surface area contributed by atoms with E-state index in [-0.39, 0.29) is 17.6 Å². The van der Waals surface area contributed by atoms with Crippen molar-refractivity contribution in [3.05, 3.63) is 106 Å². The van der Waals surface area contributed by atoms with E-state index in [1.165, 1.54) is 0 Å². The number of nitrogens with zero attached hydrogens (tertiary/aromatic N) is 2. The summed E-state index contributed by atoms with van der Waals surface area (Å²) in [6, 6.07) is 24.3. The zero-order valence-corrected chi connectivity index (χ0v) is 18.8. The Morgan fingerprint density at radius 2 is 1.70 bits per heavy atom. The van der Waals surface area contributed by atoms with Crippen LogP contribution in [0.15, 0.2) is 83.7 Å². The number of aromatic nitrogens is 2. The Morgan fingerprint density at radius 3 is 2.45 bits per heavy atom. The van der Waals surface area contributed by atoms with Crippen molar-refractivity contribution in [3.8, 4) is 5.69 Å². The van der Waals surface area contributed by atoms with E-state index in [1.807, 2.05) is 55.5 Å². The quantitative estimate of drug-likeness (QED) is 0.406. The first-order chi connectivity index (χ1) is 16.0. The molecule has 4 aromatic rings. The third kappa shape index (κ3) is 5.18. The summed E-state index contributed by atoms with van der Waals surface area (Å²) >= 11 is 0. The number of benzene rings is 3. The minimum absolute atomic E-state index is 0.0194. The molecule has 1 N–H and O–H groups in total. The third-order valence-corrected chi connectivity index (χ3v) is 5.57. The van der Waals surface area contributed by atoms with Crippen LogP contribution in [0, 0.1) is 6.92 Å². The second-order valence-corrected chi connectivity index (χ2v) is 7.90. The van der Waals surface area contributed by atoms with Gasteiger partial charge < -0.3 is 10.1 Å². The number of para-hydroxylation sites is 1. The van der Waals surface area contributed by atoms with Gasteiger partial charge in [0.1, 0.15) is 5.82 Å². The summed E-state index contributed by atoms with van der Waals surface area (Å²) in [4.78, 5) is 30.0. The lowest BCUT2D eigenvalue weighted by Crippen LogP contribution is -2.26. The topological polar surface area (TPSA) is 73.2 Å². The van der Waals surface area contributed by atoms with Gasteiger partial charge in [-0.1, -0.05) is 42.5 Å². The summed E-state index contributed by atoms with van der Waals surface area (Å²) in [5.41, 5.74) is 2.90. The van der Waals surface area contributed by atoms with Gasteiger partial charge in [-0.05, 0) is 62.2 Å². The lowest BCUT2D eigenvalue weighted by molar-refractivity contribution is 0.0635.